The van der Waals surface area contributed by atoms with Crippen LogP contribution in [0.1, 0.15) is 22.3 Å². The van der Waals surface area contributed by atoms with Gasteiger partial charge in [0.1, 0.15) is 11.9 Å². The van der Waals surface area contributed by atoms with Gasteiger partial charge in [-0.1, -0.05) is 24.3 Å². The predicted octanol–water partition coefficient (Wildman–Crippen LogP) is 1.58. The minimum Gasteiger partial charge on any atom is -0.352 e. The Morgan fingerprint density at radius 2 is 1.92 bits per heavy atom. The molecule has 128 valence electrons. The second kappa shape index (κ2) is 7.12. The molecule has 0 saturated carbocycles. The number of halogens is 1. The van der Waals surface area contributed by atoms with Gasteiger partial charge in [-0.15, -0.1) is 0 Å². The Kier molecular flexibility index (Phi) is 4.74. The van der Waals surface area contributed by atoms with Crippen molar-refractivity contribution < 1.29 is 18.8 Å². The summed E-state index contributed by atoms with van der Waals surface area (Å²) in [7, 11) is 0. The van der Waals surface area contributed by atoms with Gasteiger partial charge >= 0.3 is 0 Å². The van der Waals surface area contributed by atoms with Crippen molar-refractivity contribution in [3.8, 4) is 0 Å². The molecule has 2 aromatic carbocycles. The molecule has 0 spiro atoms. The van der Waals surface area contributed by atoms with Crippen molar-refractivity contribution in [2.45, 2.75) is 19.0 Å². The maximum absolute atomic E-state index is 13.1. The van der Waals surface area contributed by atoms with Crippen LogP contribution >= 0.6 is 0 Å². The van der Waals surface area contributed by atoms with E-state index in [9.17, 15) is 18.8 Å². The maximum atomic E-state index is 13.1. The zero-order chi connectivity index (χ0) is 17.8. The third kappa shape index (κ3) is 4.00. The molecule has 0 saturated heterocycles. The highest BCUT2D eigenvalue weighted by molar-refractivity contribution is 6.10. The van der Waals surface area contributed by atoms with Crippen LogP contribution in [0, 0.1) is 5.82 Å². The van der Waals surface area contributed by atoms with Crippen LogP contribution < -0.4 is 16.0 Å². The molecule has 1 aliphatic rings. The zero-order valence-electron chi connectivity index (χ0n) is 13.2. The quantitative estimate of drug-likeness (QED) is 0.789. The lowest BCUT2D eigenvalue weighted by Gasteiger charge is -2.14. The van der Waals surface area contributed by atoms with Gasteiger partial charge in [0.05, 0.1) is 17.7 Å². The molecule has 1 atom stereocenters. The second-order valence-electron chi connectivity index (χ2n) is 5.67. The van der Waals surface area contributed by atoms with E-state index in [1.165, 1.54) is 12.1 Å². The van der Waals surface area contributed by atoms with E-state index < -0.39 is 23.8 Å². The third-order valence-electron chi connectivity index (χ3n) is 3.82. The Labute approximate surface area is 143 Å². The van der Waals surface area contributed by atoms with Crippen molar-refractivity contribution in [3.63, 3.8) is 0 Å². The van der Waals surface area contributed by atoms with Crippen LogP contribution in [0.15, 0.2) is 48.5 Å². The second-order valence-corrected chi connectivity index (χ2v) is 5.67. The molecule has 6 nitrogen and oxygen atoms in total. The molecule has 3 N–H and O–H groups in total. The number of benzene rings is 2. The topological polar surface area (TPSA) is 87.3 Å². The predicted molar refractivity (Wildman–Crippen MR) is 89.2 cm³/mol. The molecule has 25 heavy (non-hydrogen) atoms. The van der Waals surface area contributed by atoms with Gasteiger partial charge in [0.2, 0.25) is 11.8 Å². The Bertz CT molecular complexity index is 838. The van der Waals surface area contributed by atoms with Crippen LogP contribution in [0.2, 0.25) is 0 Å². The number of para-hydroxylation sites is 1. The monoisotopic (exact) mass is 341 g/mol. The summed E-state index contributed by atoms with van der Waals surface area (Å²) < 4.78 is 13.1. The average Bonchev–Trinajstić information content (AvgIpc) is 2.70. The molecule has 1 heterocycles. The zero-order valence-corrected chi connectivity index (χ0v) is 13.2. The Hall–Kier alpha value is -3.22. The summed E-state index contributed by atoms with van der Waals surface area (Å²) in [5, 5.41) is 7.80. The van der Waals surface area contributed by atoms with Gasteiger partial charge in [0.15, 0.2) is 0 Å². The summed E-state index contributed by atoms with van der Waals surface area (Å²) in [5.74, 6) is -1.69. The van der Waals surface area contributed by atoms with Gasteiger partial charge in [0.25, 0.3) is 5.91 Å². The number of amides is 3. The van der Waals surface area contributed by atoms with Crippen molar-refractivity contribution >= 4 is 23.4 Å². The lowest BCUT2D eigenvalue weighted by molar-refractivity contribution is -0.125. The summed E-state index contributed by atoms with van der Waals surface area (Å²) in [6.45, 7) is 0.138. The highest BCUT2D eigenvalue weighted by atomic mass is 19.1. The first-order valence-corrected chi connectivity index (χ1v) is 7.75. The number of nitrogens with one attached hydrogen (secondary N) is 3. The maximum Gasteiger partial charge on any atom is 0.254 e. The Morgan fingerprint density at radius 3 is 2.72 bits per heavy atom. The van der Waals surface area contributed by atoms with E-state index in [0.29, 0.717) is 16.8 Å². The van der Waals surface area contributed by atoms with Crippen LogP contribution in [0.5, 0.6) is 0 Å². The lowest BCUT2D eigenvalue weighted by atomic mass is 10.1. The molecule has 0 fully saturated rings. The molecule has 3 rings (SSSR count). The van der Waals surface area contributed by atoms with Gasteiger partial charge in [-0.2, -0.15) is 0 Å². The SMILES string of the molecule is O=C(C[C@H]1NC(=O)c2ccccc2NC1=O)NCc1cccc(F)c1. The van der Waals surface area contributed by atoms with Crippen molar-refractivity contribution in [2.75, 3.05) is 5.32 Å². The molecule has 0 aromatic heterocycles. The number of anilines is 1. The minimum atomic E-state index is -0.979. The number of hydrogen-bond donors (Lipinski definition) is 3. The number of hydrogen-bond acceptors (Lipinski definition) is 3. The molecule has 0 bridgehead atoms. The number of carbonyl (C=O) groups is 3. The highest BCUT2D eigenvalue weighted by Gasteiger charge is 2.29. The largest absolute Gasteiger partial charge is 0.352 e. The molecule has 2 aromatic rings. The first kappa shape index (κ1) is 16.6. The van der Waals surface area contributed by atoms with Crippen LogP contribution in [0.25, 0.3) is 0 Å². The fourth-order valence-corrected chi connectivity index (χ4v) is 2.56. The van der Waals surface area contributed by atoms with Gasteiger partial charge in [-0.05, 0) is 29.8 Å². The Balaban J connectivity index is 1.62. The fourth-order valence-electron chi connectivity index (χ4n) is 2.56. The van der Waals surface area contributed by atoms with Crippen molar-refractivity contribution in [1.82, 2.24) is 10.6 Å². The lowest BCUT2D eigenvalue weighted by Crippen LogP contribution is -2.44. The van der Waals surface area contributed by atoms with E-state index in [1.54, 1.807) is 36.4 Å². The summed E-state index contributed by atoms with van der Waals surface area (Å²) in [6.07, 6.45) is -0.207. The molecular formula is C18H16FN3O3. The first-order chi connectivity index (χ1) is 12.0. The van der Waals surface area contributed by atoms with E-state index in [2.05, 4.69) is 16.0 Å². The molecule has 0 unspecified atom stereocenters. The van der Waals surface area contributed by atoms with Crippen LogP contribution in [0.3, 0.4) is 0 Å². The molecule has 1 aliphatic heterocycles. The van der Waals surface area contributed by atoms with Crippen LogP contribution in [-0.2, 0) is 16.1 Å². The van der Waals surface area contributed by atoms with Gasteiger partial charge in [-0.25, -0.2) is 4.39 Å². The van der Waals surface area contributed by atoms with Crippen molar-refractivity contribution in [1.29, 1.82) is 0 Å². The smallest absolute Gasteiger partial charge is 0.254 e. The molecule has 7 heteroatoms. The van der Waals surface area contributed by atoms with Crippen molar-refractivity contribution in [2.24, 2.45) is 0 Å². The fraction of sp³-hybridized carbons (Fsp3) is 0.167. The number of fused-ring (bicyclic) bond motifs is 1. The molecule has 3 amide bonds. The van der Waals surface area contributed by atoms with Gasteiger partial charge in [0, 0.05) is 6.54 Å². The van der Waals surface area contributed by atoms with Crippen LogP contribution in [0.4, 0.5) is 10.1 Å². The average molecular weight is 341 g/mol. The number of rotatable bonds is 4. The Morgan fingerprint density at radius 1 is 1.12 bits per heavy atom. The highest BCUT2D eigenvalue weighted by Crippen LogP contribution is 2.18. The molecule has 0 aliphatic carbocycles. The summed E-state index contributed by atoms with van der Waals surface area (Å²) in [6, 6.07) is 11.5. The van der Waals surface area contributed by atoms with E-state index in [4.69, 9.17) is 0 Å². The molecule has 0 radical (unpaired) electrons. The van der Waals surface area contributed by atoms with E-state index in [-0.39, 0.29) is 18.8 Å². The van der Waals surface area contributed by atoms with Crippen molar-refractivity contribution in [3.05, 3.63) is 65.5 Å². The van der Waals surface area contributed by atoms with E-state index in [0.717, 1.165) is 0 Å². The van der Waals surface area contributed by atoms with Gasteiger partial charge in [-0.3, -0.25) is 14.4 Å². The van der Waals surface area contributed by atoms with E-state index >= 15 is 0 Å². The normalized spacial score (nSPS) is 16.3. The minimum absolute atomic E-state index is 0.138. The first-order valence-electron chi connectivity index (χ1n) is 7.75. The van der Waals surface area contributed by atoms with Crippen LogP contribution in [-0.4, -0.2) is 23.8 Å². The number of carbonyl (C=O) groups excluding carboxylic acids is 3. The van der Waals surface area contributed by atoms with Gasteiger partial charge < -0.3 is 16.0 Å². The summed E-state index contributed by atoms with van der Waals surface area (Å²) >= 11 is 0. The molecular weight excluding hydrogens is 325 g/mol. The summed E-state index contributed by atoms with van der Waals surface area (Å²) in [4.78, 5) is 36.5. The summed E-state index contributed by atoms with van der Waals surface area (Å²) in [5.41, 5.74) is 1.36. The third-order valence-corrected chi connectivity index (χ3v) is 3.82. The standard InChI is InChI=1S/C18H16FN3O3/c19-12-5-3-4-11(8-12)10-20-16(23)9-15-18(25)21-14-7-2-1-6-13(14)17(24)22-15/h1-8,15H,9-10H2,(H,20,23)(H,21,25)(H,22,24)/t15-/m1/s1. The van der Waals surface area contributed by atoms with E-state index in [1.807, 2.05) is 0 Å².